The number of ether oxygens (including phenoxy) is 1. The van der Waals surface area contributed by atoms with Crippen molar-refractivity contribution in [2.45, 2.75) is 32.3 Å². The molecule has 0 aromatic carbocycles. The Labute approximate surface area is 175 Å². The van der Waals surface area contributed by atoms with Crippen LogP contribution < -0.4 is 0 Å². The maximum absolute atomic E-state index is 12.8. The predicted octanol–water partition coefficient (Wildman–Crippen LogP) is 1.52. The number of hydrogen-bond acceptors (Lipinski definition) is 7. The minimum Gasteiger partial charge on any atom is -0.460 e. The topological polar surface area (TPSA) is 126 Å². The van der Waals surface area contributed by atoms with Gasteiger partial charge in [-0.1, -0.05) is 13.8 Å². The van der Waals surface area contributed by atoms with Crippen LogP contribution >= 0.6 is 0 Å². The Morgan fingerprint density at radius 3 is 2.57 bits per heavy atom. The molecular weight excluding hydrogens is 412 g/mol. The van der Waals surface area contributed by atoms with E-state index in [4.69, 9.17) is 9.15 Å². The molecule has 11 heteroatoms. The van der Waals surface area contributed by atoms with Crippen molar-refractivity contribution >= 4 is 21.9 Å². The summed E-state index contributed by atoms with van der Waals surface area (Å²) in [4.78, 5) is 25.9. The lowest BCUT2D eigenvalue weighted by molar-refractivity contribution is 0.0483. The van der Waals surface area contributed by atoms with Gasteiger partial charge in [0.05, 0.1) is 6.61 Å². The number of rotatable bonds is 7. The van der Waals surface area contributed by atoms with Gasteiger partial charge in [0.2, 0.25) is 10.9 Å². The zero-order valence-corrected chi connectivity index (χ0v) is 18.1. The fourth-order valence-electron chi connectivity index (χ4n) is 3.21. The van der Waals surface area contributed by atoms with Gasteiger partial charge < -0.3 is 14.1 Å². The van der Waals surface area contributed by atoms with Gasteiger partial charge in [-0.3, -0.25) is 9.89 Å². The number of nitrogens with one attached hydrogen (secondary N) is 1. The van der Waals surface area contributed by atoms with Crippen molar-refractivity contribution in [2.75, 3.05) is 32.8 Å². The standard InChI is InChI=1S/C19H26N4O6S/c1-4-28-19(25)16-5-6-17(29-16)30(26,27)23-9-7-22(8-10-23)18(24)15-12-14(20-21-15)11-13(2)3/h5-6,12-13H,4,7-11H2,1-3H3,(H,20,21). The van der Waals surface area contributed by atoms with E-state index in [9.17, 15) is 18.0 Å². The zero-order chi connectivity index (χ0) is 21.9. The minimum atomic E-state index is -3.91. The molecular formula is C19H26N4O6S. The lowest BCUT2D eigenvalue weighted by Crippen LogP contribution is -2.50. The maximum atomic E-state index is 12.8. The van der Waals surface area contributed by atoms with E-state index >= 15 is 0 Å². The third-order valence-corrected chi connectivity index (χ3v) is 6.43. The molecule has 0 unspecified atom stereocenters. The summed E-state index contributed by atoms with van der Waals surface area (Å²) in [6.07, 6.45) is 0.795. The number of furan rings is 1. The van der Waals surface area contributed by atoms with Crippen LogP contribution in [0.1, 0.15) is 47.5 Å². The molecule has 1 N–H and O–H groups in total. The van der Waals surface area contributed by atoms with Crippen molar-refractivity contribution < 1.29 is 27.2 Å². The first-order valence-electron chi connectivity index (χ1n) is 9.83. The molecule has 164 valence electrons. The highest BCUT2D eigenvalue weighted by Crippen LogP contribution is 2.21. The Morgan fingerprint density at radius 2 is 1.93 bits per heavy atom. The number of carbonyl (C=O) groups excluding carboxylic acids is 2. The largest absolute Gasteiger partial charge is 0.460 e. The van der Waals surface area contributed by atoms with Gasteiger partial charge in [0.25, 0.3) is 15.9 Å². The van der Waals surface area contributed by atoms with Crippen molar-refractivity contribution in [1.82, 2.24) is 19.4 Å². The van der Waals surface area contributed by atoms with E-state index < -0.39 is 16.0 Å². The van der Waals surface area contributed by atoms with Crippen LogP contribution in [-0.4, -0.2) is 72.5 Å². The number of carbonyl (C=O) groups is 2. The van der Waals surface area contributed by atoms with E-state index in [-0.39, 0.29) is 49.5 Å². The minimum absolute atomic E-state index is 0.118. The number of H-pyrrole nitrogens is 1. The summed E-state index contributed by atoms with van der Waals surface area (Å²) in [6.45, 7) is 6.67. The molecule has 1 aliphatic rings. The molecule has 0 radical (unpaired) electrons. The molecule has 3 rings (SSSR count). The molecule has 0 saturated carbocycles. The van der Waals surface area contributed by atoms with Crippen molar-refractivity contribution in [2.24, 2.45) is 5.92 Å². The van der Waals surface area contributed by atoms with Crippen molar-refractivity contribution in [3.63, 3.8) is 0 Å². The van der Waals surface area contributed by atoms with Crippen LogP contribution in [0.5, 0.6) is 0 Å². The predicted molar refractivity (Wildman–Crippen MR) is 106 cm³/mol. The highest BCUT2D eigenvalue weighted by atomic mass is 32.2. The van der Waals surface area contributed by atoms with E-state index in [1.165, 1.54) is 16.4 Å². The lowest BCUT2D eigenvalue weighted by Gasteiger charge is -2.33. The van der Waals surface area contributed by atoms with Gasteiger partial charge in [-0.25, -0.2) is 13.2 Å². The van der Waals surface area contributed by atoms with E-state index in [2.05, 4.69) is 24.0 Å². The third-order valence-electron chi connectivity index (χ3n) is 4.66. The molecule has 2 aromatic rings. The first kappa shape index (κ1) is 22.0. The Morgan fingerprint density at radius 1 is 1.23 bits per heavy atom. The molecule has 2 aromatic heterocycles. The fourth-order valence-corrected chi connectivity index (χ4v) is 4.54. The number of aromatic nitrogens is 2. The number of sulfonamides is 1. The molecule has 30 heavy (non-hydrogen) atoms. The highest BCUT2D eigenvalue weighted by Gasteiger charge is 2.33. The maximum Gasteiger partial charge on any atom is 0.374 e. The van der Waals surface area contributed by atoms with Crippen LogP contribution in [0.25, 0.3) is 0 Å². The Kier molecular flexibility index (Phi) is 6.61. The van der Waals surface area contributed by atoms with E-state index in [1.54, 1.807) is 17.9 Å². The van der Waals surface area contributed by atoms with Gasteiger partial charge in [0, 0.05) is 31.9 Å². The Hall–Kier alpha value is -2.66. The van der Waals surface area contributed by atoms with Crippen LogP contribution in [0.15, 0.2) is 27.7 Å². The summed E-state index contributed by atoms with van der Waals surface area (Å²) >= 11 is 0. The molecule has 1 amide bonds. The molecule has 1 aliphatic heterocycles. The summed E-state index contributed by atoms with van der Waals surface area (Å²) in [5.41, 5.74) is 1.22. The van der Waals surface area contributed by atoms with Gasteiger partial charge >= 0.3 is 5.97 Å². The van der Waals surface area contributed by atoms with Crippen LogP contribution in [-0.2, 0) is 21.2 Å². The average Bonchev–Trinajstić information content (AvgIpc) is 3.37. The molecule has 0 aliphatic carbocycles. The van der Waals surface area contributed by atoms with Crippen LogP contribution in [0.4, 0.5) is 0 Å². The van der Waals surface area contributed by atoms with Crippen LogP contribution in [0.2, 0.25) is 0 Å². The molecule has 0 spiro atoms. The Bertz CT molecular complexity index is 1000. The van der Waals surface area contributed by atoms with Gasteiger partial charge in [0.1, 0.15) is 5.69 Å². The van der Waals surface area contributed by atoms with E-state index in [0.717, 1.165) is 12.1 Å². The van der Waals surface area contributed by atoms with Crippen LogP contribution in [0, 0.1) is 5.92 Å². The zero-order valence-electron chi connectivity index (χ0n) is 17.3. The first-order valence-corrected chi connectivity index (χ1v) is 11.3. The van der Waals surface area contributed by atoms with Gasteiger partial charge in [0.15, 0.2) is 0 Å². The average molecular weight is 439 g/mol. The summed E-state index contributed by atoms with van der Waals surface area (Å²) in [5.74, 6) is -0.681. The number of hydrogen-bond donors (Lipinski definition) is 1. The highest BCUT2D eigenvalue weighted by molar-refractivity contribution is 7.89. The number of aromatic amines is 1. The molecule has 0 atom stereocenters. The number of esters is 1. The molecule has 10 nitrogen and oxygen atoms in total. The normalized spacial score (nSPS) is 15.5. The summed E-state index contributed by atoms with van der Waals surface area (Å²) in [5, 5.41) is 6.64. The van der Waals surface area contributed by atoms with Crippen LogP contribution in [0.3, 0.4) is 0 Å². The smallest absolute Gasteiger partial charge is 0.374 e. The number of piperazine rings is 1. The second-order valence-corrected chi connectivity index (χ2v) is 9.28. The lowest BCUT2D eigenvalue weighted by atomic mass is 10.1. The fraction of sp³-hybridized carbons (Fsp3) is 0.526. The quantitative estimate of drug-likeness (QED) is 0.650. The molecule has 1 saturated heterocycles. The van der Waals surface area contributed by atoms with E-state index in [1.807, 2.05) is 0 Å². The third kappa shape index (κ3) is 4.73. The SMILES string of the molecule is CCOC(=O)c1ccc(S(=O)(=O)N2CCN(C(=O)c3cc(CC(C)C)[nH]n3)CC2)o1. The number of amides is 1. The number of nitrogens with zero attached hydrogens (tertiary/aromatic N) is 3. The molecule has 3 heterocycles. The van der Waals surface area contributed by atoms with Crippen molar-refractivity contribution in [1.29, 1.82) is 0 Å². The van der Waals surface area contributed by atoms with Gasteiger partial charge in [-0.2, -0.15) is 9.40 Å². The van der Waals surface area contributed by atoms with E-state index in [0.29, 0.717) is 11.6 Å². The second-order valence-electron chi connectivity index (χ2n) is 7.41. The summed E-state index contributed by atoms with van der Waals surface area (Å²) in [7, 11) is -3.91. The summed E-state index contributed by atoms with van der Waals surface area (Å²) in [6, 6.07) is 4.25. The monoisotopic (exact) mass is 438 g/mol. The second kappa shape index (κ2) is 9.00. The first-order chi connectivity index (χ1) is 14.2. The summed E-state index contributed by atoms with van der Waals surface area (Å²) < 4.78 is 36.8. The molecule has 0 bridgehead atoms. The molecule has 1 fully saturated rings. The Balaban J connectivity index is 1.62. The van der Waals surface area contributed by atoms with Gasteiger partial charge in [-0.15, -0.1) is 0 Å². The van der Waals surface area contributed by atoms with Crippen molar-refractivity contribution in [3.05, 3.63) is 35.3 Å². The van der Waals surface area contributed by atoms with Crippen molar-refractivity contribution in [3.8, 4) is 0 Å². The van der Waals surface area contributed by atoms with Gasteiger partial charge in [-0.05, 0) is 37.5 Å².